The Bertz CT molecular complexity index is 1530. The highest BCUT2D eigenvalue weighted by molar-refractivity contribution is 6.32. The Morgan fingerprint density at radius 2 is 1.86 bits per heavy atom. The molecule has 3 aromatic carbocycles. The van der Waals surface area contributed by atoms with Gasteiger partial charge in [-0.1, -0.05) is 55.8 Å². The Morgan fingerprint density at radius 3 is 2.66 bits per heavy atom. The van der Waals surface area contributed by atoms with Crippen LogP contribution in [0.2, 0.25) is 5.02 Å². The van der Waals surface area contributed by atoms with Gasteiger partial charge in [0.2, 0.25) is 0 Å². The number of rotatable bonds is 3. The van der Waals surface area contributed by atoms with Crippen molar-refractivity contribution in [1.82, 2.24) is 0 Å². The molecule has 1 aliphatic carbocycles. The number of benzene rings is 3. The molecule has 1 N–H and O–H groups in total. The smallest absolute Gasteiger partial charge is 0.162 e. The van der Waals surface area contributed by atoms with Crippen LogP contribution in [0.4, 0.5) is 5.69 Å². The fraction of sp³-hybridized carbons (Fsp3) is 0.233. The zero-order valence-electron chi connectivity index (χ0n) is 19.9. The van der Waals surface area contributed by atoms with Crippen molar-refractivity contribution in [2.45, 2.75) is 32.7 Å². The first-order valence-electron chi connectivity index (χ1n) is 11.8. The molecule has 4 aromatic rings. The summed E-state index contributed by atoms with van der Waals surface area (Å²) in [6.45, 7) is 4.35. The summed E-state index contributed by atoms with van der Waals surface area (Å²) in [5.74, 6) is 2.20. The number of ether oxygens (including phenoxy) is 1. The lowest BCUT2D eigenvalue weighted by Gasteiger charge is -2.39. The molecule has 0 amide bonds. The number of hydrogen-bond donors (Lipinski definition) is 1. The highest BCUT2D eigenvalue weighted by Crippen LogP contribution is 2.52. The lowest BCUT2D eigenvalue weighted by atomic mass is 9.68. The molecule has 4 nitrogen and oxygen atoms in total. The Balaban J connectivity index is 1.50. The number of anilines is 1. The lowest BCUT2D eigenvalue weighted by molar-refractivity contribution is -0.118. The number of furan rings is 1. The Morgan fingerprint density at radius 1 is 1.03 bits per heavy atom. The van der Waals surface area contributed by atoms with Gasteiger partial charge in [0.05, 0.1) is 12.1 Å². The molecule has 0 bridgehead atoms. The number of fused-ring (bicyclic) bond motifs is 4. The van der Waals surface area contributed by atoms with Crippen LogP contribution in [0.3, 0.4) is 0 Å². The number of nitrogens with one attached hydrogen (secondary N) is 1. The summed E-state index contributed by atoms with van der Waals surface area (Å²) < 4.78 is 11.6. The molecule has 1 aliphatic heterocycles. The monoisotopic (exact) mass is 483 g/mol. The lowest BCUT2D eigenvalue weighted by Crippen LogP contribution is -2.33. The van der Waals surface area contributed by atoms with Crippen molar-refractivity contribution in [2.75, 3.05) is 12.4 Å². The van der Waals surface area contributed by atoms with Crippen molar-refractivity contribution >= 4 is 39.4 Å². The van der Waals surface area contributed by atoms with E-state index < -0.39 is 0 Å². The van der Waals surface area contributed by atoms with Gasteiger partial charge in [0, 0.05) is 28.8 Å². The molecule has 2 aliphatic rings. The van der Waals surface area contributed by atoms with Crippen LogP contribution in [-0.2, 0) is 4.79 Å². The molecular weight excluding hydrogens is 458 g/mol. The molecule has 1 aromatic heterocycles. The molecule has 1 atom stereocenters. The van der Waals surface area contributed by atoms with Gasteiger partial charge in [-0.15, -0.1) is 0 Å². The van der Waals surface area contributed by atoms with Crippen LogP contribution in [0.15, 0.2) is 76.7 Å². The molecule has 0 radical (unpaired) electrons. The van der Waals surface area contributed by atoms with Crippen molar-refractivity contribution in [3.8, 4) is 17.1 Å². The van der Waals surface area contributed by atoms with E-state index in [0.29, 0.717) is 28.7 Å². The van der Waals surface area contributed by atoms with Gasteiger partial charge in [-0.05, 0) is 64.6 Å². The van der Waals surface area contributed by atoms with Crippen molar-refractivity contribution in [3.05, 3.63) is 88.6 Å². The highest BCUT2D eigenvalue weighted by atomic mass is 35.5. The summed E-state index contributed by atoms with van der Waals surface area (Å²) in [5, 5.41) is 6.50. The van der Waals surface area contributed by atoms with Gasteiger partial charge < -0.3 is 14.5 Å². The van der Waals surface area contributed by atoms with Crippen molar-refractivity contribution in [3.63, 3.8) is 0 Å². The normalized spacial score (nSPS) is 18.7. The van der Waals surface area contributed by atoms with Gasteiger partial charge in [0.1, 0.15) is 23.3 Å². The largest absolute Gasteiger partial charge is 0.495 e. The highest BCUT2D eigenvalue weighted by Gasteiger charge is 2.41. The molecule has 0 saturated carbocycles. The van der Waals surface area contributed by atoms with Crippen LogP contribution in [0.1, 0.15) is 44.1 Å². The first kappa shape index (κ1) is 22.0. The van der Waals surface area contributed by atoms with E-state index >= 15 is 0 Å². The van der Waals surface area contributed by atoms with E-state index in [1.165, 1.54) is 10.8 Å². The van der Waals surface area contributed by atoms with Gasteiger partial charge in [-0.3, -0.25) is 4.79 Å². The number of hydrogen-bond acceptors (Lipinski definition) is 4. The van der Waals surface area contributed by atoms with Crippen LogP contribution < -0.4 is 10.1 Å². The fourth-order valence-corrected chi connectivity index (χ4v) is 5.79. The summed E-state index contributed by atoms with van der Waals surface area (Å²) in [7, 11) is 1.59. The zero-order valence-corrected chi connectivity index (χ0v) is 20.7. The van der Waals surface area contributed by atoms with E-state index in [1.807, 2.05) is 30.3 Å². The minimum Gasteiger partial charge on any atom is -0.495 e. The summed E-state index contributed by atoms with van der Waals surface area (Å²) in [6, 6.07) is 21.7. The van der Waals surface area contributed by atoms with Crippen LogP contribution in [-0.4, -0.2) is 12.9 Å². The summed E-state index contributed by atoms with van der Waals surface area (Å²) in [6.07, 6.45) is 1.36. The quantitative estimate of drug-likeness (QED) is 0.320. The first-order valence-corrected chi connectivity index (χ1v) is 12.2. The van der Waals surface area contributed by atoms with E-state index in [4.69, 9.17) is 20.8 Å². The zero-order chi connectivity index (χ0) is 24.3. The third-order valence-electron chi connectivity index (χ3n) is 7.09. The molecule has 1 unspecified atom stereocenters. The number of methoxy groups -OCH3 is 1. The van der Waals surface area contributed by atoms with Gasteiger partial charge in [-0.2, -0.15) is 0 Å². The molecule has 5 heteroatoms. The minimum absolute atomic E-state index is 0.0970. The Kier molecular flexibility index (Phi) is 5.05. The van der Waals surface area contributed by atoms with Crippen LogP contribution >= 0.6 is 11.6 Å². The van der Waals surface area contributed by atoms with Gasteiger partial charge in [0.25, 0.3) is 0 Å². The van der Waals surface area contributed by atoms with Crippen LogP contribution in [0.5, 0.6) is 5.75 Å². The average Bonchev–Trinajstić information content (AvgIpc) is 3.32. The maximum Gasteiger partial charge on any atom is 0.162 e. The van der Waals surface area contributed by atoms with Gasteiger partial charge >= 0.3 is 0 Å². The standard InChI is InChI=1S/C30H26ClNO3/c1-30(2)15-20-27-19-7-5-4-6-17(19)8-10-22(27)32-29(28(20)23(33)16-30)26-13-12-24(35-26)18-9-11-25(34-3)21(31)14-18/h4-14,29,32H,15-16H2,1-3H3. The molecule has 0 spiro atoms. The predicted molar refractivity (Wildman–Crippen MR) is 141 cm³/mol. The maximum absolute atomic E-state index is 13.6. The molecule has 0 fully saturated rings. The second kappa shape index (κ2) is 8.03. The average molecular weight is 484 g/mol. The first-order chi connectivity index (χ1) is 16.8. The van der Waals surface area contributed by atoms with Crippen LogP contribution in [0.25, 0.3) is 27.7 Å². The summed E-state index contributed by atoms with van der Waals surface area (Å²) in [4.78, 5) is 13.6. The number of halogens is 1. The van der Waals surface area contributed by atoms with Crippen LogP contribution in [0, 0.1) is 5.41 Å². The number of carbonyl (C=O) groups excluding carboxylic acids is 1. The molecule has 35 heavy (non-hydrogen) atoms. The third kappa shape index (κ3) is 3.64. The molecule has 6 rings (SSSR count). The molecule has 2 heterocycles. The number of allylic oxidation sites excluding steroid dienone is 1. The third-order valence-corrected chi connectivity index (χ3v) is 7.38. The fourth-order valence-electron chi connectivity index (χ4n) is 5.53. The summed E-state index contributed by atoms with van der Waals surface area (Å²) >= 11 is 6.34. The Hall–Kier alpha value is -3.50. The minimum atomic E-state index is -0.343. The van der Waals surface area contributed by atoms with Crippen molar-refractivity contribution < 1.29 is 13.9 Å². The second-order valence-electron chi connectivity index (χ2n) is 10.2. The molecular formula is C30H26ClNO3. The van der Waals surface area contributed by atoms with E-state index in [1.54, 1.807) is 7.11 Å². The van der Waals surface area contributed by atoms with Crippen molar-refractivity contribution in [1.29, 1.82) is 0 Å². The number of Topliss-reactive ketones (excluding diaryl/α,β-unsaturated/α-hetero) is 1. The Labute approximate surface area is 209 Å². The topological polar surface area (TPSA) is 51.5 Å². The molecule has 0 saturated heterocycles. The van der Waals surface area contributed by atoms with E-state index in [2.05, 4.69) is 55.6 Å². The molecule has 176 valence electrons. The van der Waals surface area contributed by atoms with Gasteiger partial charge in [0.15, 0.2) is 5.78 Å². The van der Waals surface area contributed by atoms with Crippen molar-refractivity contribution in [2.24, 2.45) is 5.41 Å². The second-order valence-corrected chi connectivity index (χ2v) is 10.6. The van der Waals surface area contributed by atoms with Gasteiger partial charge in [-0.25, -0.2) is 0 Å². The predicted octanol–water partition coefficient (Wildman–Crippen LogP) is 8.07. The summed E-state index contributed by atoms with van der Waals surface area (Å²) in [5.41, 5.74) is 4.89. The number of carbonyl (C=O) groups is 1. The maximum atomic E-state index is 13.6. The SMILES string of the molecule is COc1ccc(-c2ccc(C3Nc4ccc5ccccc5c4C4=C3C(=O)CC(C)(C)C4)o2)cc1Cl. The van der Waals surface area contributed by atoms with E-state index in [0.717, 1.165) is 34.4 Å². The number of ketones is 1. The van der Waals surface area contributed by atoms with E-state index in [9.17, 15) is 4.79 Å². The van der Waals surface area contributed by atoms with E-state index in [-0.39, 0.29) is 17.2 Å².